The van der Waals surface area contributed by atoms with Crippen molar-refractivity contribution in [1.82, 2.24) is 10.3 Å². The van der Waals surface area contributed by atoms with Crippen molar-refractivity contribution in [3.8, 4) is 5.75 Å². The molecule has 4 aromatic carbocycles. The SMILES string of the molecule is Cc1ccc(CSC2=NN3C(=c4ccccc4=N[C@@H]3c3ccc(OCc4ccccc4)cc3)C(=O)N2)cc1. The predicted molar refractivity (Wildman–Crippen MR) is 150 cm³/mol. The number of amidine groups is 1. The number of rotatable bonds is 6. The first-order valence-electron chi connectivity index (χ1n) is 12.5. The molecule has 6 nitrogen and oxygen atoms in total. The number of hydrogen-bond acceptors (Lipinski definition) is 6. The molecule has 2 aliphatic heterocycles. The van der Waals surface area contributed by atoms with Crippen molar-refractivity contribution in [2.75, 3.05) is 0 Å². The van der Waals surface area contributed by atoms with Crippen molar-refractivity contribution in [2.24, 2.45) is 10.1 Å². The molecular formula is C31H26N4O2S. The van der Waals surface area contributed by atoms with E-state index < -0.39 is 6.17 Å². The van der Waals surface area contributed by atoms with Crippen molar-refractivity contribution >= 4 is 28.5 Å². The first kappa shape index (κ1) is 24.0. The van der Waals surface area contributed by atoms with Gasteiger partial charge in [-0.05, 0) is 41.8 Å². The minimum absolute atomic E-state index is 0.179. The number of nitrogens with one attached hydrogen (secondary N) is 1. The summed E-state index contributed by atoms with van der Waals surface area (Å²) >= 11 is 1.50. The van der Waals surface area contributed by atoms with Gasteiger partial charge < -0.3 is 4.74 Å². The second-order valence-electron chi connectivity index (χ2n) is 9.19. The fourth-order valence-corrected chi connectivity index (χ4v) is 5.23. The second-order valence-corrected chi connectivity index (χ2v) is 10.2. The fraction of sp³-hybridized carbons (Fsp3) is 0.129. The Bertz CT molecular complexity index is 1620. The standard InChI is InChI=1S/C31H26N4O2S/c1-21-11-13-23(14-12-21)20-38-31-33-30(36)28-26-9-5-6-10-27(26)32-29(35(28)34-31)24-15-17-25(18-16-24)37-19-22-7-3-2-4-8-22/h2-18,29H,19-20H2,1H3,(H,33,34,36)/t29-/m0/s1. The van der Waals surface area contributed by atoms with Gasteiger partial charge in [-0.1, -0.05) is 102 Å². The van der Waals surface area contributed by atoms with Crippen LogP contribution in [0.2, 0.25) is 0 Å². The van der Waals surface area contributed by atoms with E-state index >= 15 is 0 Å². The Morgan fingerprint density at radius 3 is 2.39 bits per heavy atom. The van der Waals surface area contributed by atoms with Gasteiger partial charge in [0.2, 0.25) is 0 Å². The van der Waals surface area contributed by atoms with E-state index in [1.807, 2.05) is 78.9 Å². The zero-order chi connectivity index (χ0) is 25.9. The second kappa shape index (κ2) is 10.6. The van der Waals surface area contributed by atoms with Gasteiger partial charge in [0, 0.05) is 11.0 Å². The quantitative estimate of drug-likeness (QED) is 0.404. The van der Waals surface area contributed by atoms with Crippen molar-refractivity contribution in [1.29, 1.82) is 0 Å². The highest BCUT2D eigenvalue weighted by atomic mass is 32.2. The monoisotopic (exact) mass is 518 g/mol. The number of para-hydroxylation sites is 1. The van der Waals surface area contributed by atoms with Crippen LogP contribution >= 0.6 is 11.8 Å². The van der Waals surface area contributed by atoms with Crippen LogP contribution in [0.15, 0.2) is 113 Å². The van der Waals surface area contributed by atoms with Crippen LogP contribution in [0.3, 0.4) is 0 Å². The Morgan fingerprint density at radius 2 is 1.61 bits per heavy atom. The number of thioether (sulfide) groups is 1. The molecule has 0 radical (unpaired) electrons. The molecule has 2 heterocycles. The molecule has 1 N–H and O–H groups in total. The molecule has 0 bridgehead atoms. The average Bonchev–Trinajstić information content (AvgIpc) is 2.96. The van der Waals surface area contributed by atoms with Crippen LogP contribution in [0.4, 0.5) is 0 Å². The maximum Gasteiger partial charge on any atom is 0.276 e. The highest BCUT2D eigenvalue weighted by Crippen LogP contribution is 2.32. The molecule has 7 heteroatoms. The molecule has 38 heavy (non-hydrogen) atoms. The van der Waals surface area contributed by atoms with E-state index in [0.717, 1.165) is 27.5 Å². The summed E-state index contributed by atoms with van der Waals surface area (Å²) in [5.74, 6) is 1.29. The fourth-order valence-electron chi connectivity index (χ4n) is 4.42. The van der Waals surface area contributed by atoms with E-state index in [0.29, 0.717) is 23.2 Å². The van der Waals surface area contributed by atoms with Crippen LogP contribution < -0.4 is 20.6 Å². The number of hydrazone groups is 1. The Hall–Kier alpha value is -4.36. The molecule has 0 saturated carbocycles. The molecule has 4 aromatic rings. The summed E-state index contributed by atoms with van der Waals surface area (Å²) in [6.45, 7) is 2.57. The van der Waals surface area contributed by atoms with E-state index in [4.69, 9.17) is 14.8 Å². The van der Waals surface area contributed by atoms with Crippen LogP contribution in [-0.2, 0) is 17.2 Å². The molecule has 188 valence electrons. The summed E-state index contributed by atoms with van der Waals surface area (Å²) in [7, 11) is 0. The smallest absolute Gasteiger partial charge is 0.276 e. The number of fused-ring (bicyclic) bond motifs is 2. The summed E-state index contributed by atoms with van der Waals surface area (Å²) in [5, 5.41) is 11.7. The number of nitrogens with zero attached hydrogens (tertiary/aromatic N) is 3. The largest absolute Gasteiger partial charge is 0.489 e. The van der Waals surface area contributed by atoms with Crippen LogP contribution in [-0.4, -0.2) is 16.1 Å². The molecular weight excluding hydrogens is 492 g/mol. The van der Waals surface area contributed by atoms with Crippen LogP contribution in [0.1, 0.15) is 28.4 Å². The lowest BCUT2D eigenvalue weighted by molar-refractivity contribution is -0.116. The minimum Gasteiger partial charge on any atom is -0.489 e. The summed E-state index contributed by atoms with van der Waals surface area (Å²) in [6, 6.07) is 34.0. The average molecular weight is 519 g/mol. The van der Waals surface area contributed by atoms with Gasteiger partial charge in [-0.25, -0.2) is 5.01 Å². The highest BCUT2D eigenvalue weighted by molar-refractivity contribution is 8.13. The number of carbonyl (C=O) groups excluding carboxylic acids is 1. The third-order valence-corrected chi connectivity index (χ3v) is 7.37. The zero-order valence-corrected chi connectivity index (χ0v) is 21.7. The Labute approximate surface area is 225 Å². The summed E-state index contributed by atoms with van der Waals surface area (Å²) in [4.78, 5) is 18.4. The van der Waals surface area contributed by atoms with Crippen LogP contribution in [0.5, 0.6) is 5.75 Å². The molecule has 0 saturated heterocycles. The molecule has 0 fully saturated rings. The van der Waals surface area contributed by atoms with Gasteiger partial charge in [-0.15, -0.1) is 5.10 Å². The van der Waals surface area contributed by atoms with Gasteiger partial charge in [-0.2, -0.15) is 0 Å². The normalized spacial score (nSPS) is 16.1. The van der Waals surface area contributed by atoms with Gasteiger partial charge in [0.05, 0.1) is 5.36 Å². The van der Waals surface area contributed by atoms with Crippen LogP contribution in [0.25, 0.3) is 5.70 Å². The zero-order valence-electron chi connectivity index (χ0n) is 20.9. The molecule has 6 rings (SSSR count). The van der Waals surface area contributed by atoms with Gasteiger partial charge >= 0.3 is 0 Å². The van der Waals surface area contributed by atoms with Crippen molar-refractivity contribution in [3.63, 3.8) is 0 Å². The van der Waals surface area contributed by atoms with Gasteiger partial charge in [-0.3, -0.25) is 15.1 Å². The molecule has 0 aliphatic carbocycles. The summed E-state index contributed by atoms with van der Waals surface area (Å²) < 4.78 is 5.97. The van der Waals surface area contributed by atoms with Crippen molar-refractivity contribution < 1.29 is 9.53 Å². The number of carbonyl (C=O) groups is 1. The molecule has 2 aliphatic rings. The summed E-state index contributed by atoms with van der Waals surface area (Å²) in [6.07, 6.45) is -0.468. The van der Waals surface area contributed by atoms with E-state index in [1.165, 1.54) is 22.9 Å². The molecule has 1 amide bonds. The number of ether oxygens (including phenoxy) is 1. The van der Waals surface area contributed by atoms with Gasteiger partial charge in [0.15, 0.2) is 11.3 Å². The predicted octanol–water partition coefficient (Wildman–Crippen LogP) is 4.65. The summed E-state index contributed by atoms with van der Waals surface area (Å²) in [5.41, 5.74) is 4.92. The highest BCUT2D eigenvalue weighted by Gasteiger charge is 2.34. The lowest BCUT2D eigenvalue weighted by Crippen LogP contribution is -2.50. The Balaban J connectivity index is 1.29. The first-order chi connectivity index (χ1) is 18.6. The lowest BCUT2D eigenvalue weighted by atomic mass is 10.1. The lowest BCUT2D eigenvalue weighted by Gasteiger charge is -2.34. The van der Waals surface area contributed by atoms with E-state index in [1.54, 1.807) is 5.01 Å². The number of benzene rings is 4. The van der Waals surface area contributed by atoms with E-state index in [2.05, 4.69) is 36.5 Å². The van der Waals surface area contributed by atoms with Gasteiger partial charge in [0.25, 0.3) is 5.91 Å². The molecule has 1 atom stereocenters. The topological polar surface area (TPSA) is 66.3 Å². The third kappa shape index (κ3) is 5.06. The maximum atomic E-state index is 13.4. The molecule has 0 spiro atoms. The van der Waals surface area contributed by atoms with Crippen molar-refractivity contribution in [3.05, 3.63) is 136 Å². The number of aryl methyl sites for hydroxylation is 1. The molecule has 0 aromatic heterocycles. The third-order valence-electron chi connectivity index (χ3n) is 6.44. The van der Waals surface area contributed by atoms with Gasteiger partial charge in [0.1, 0.15) is 18.1 Å². The first-order valence-corrected chi connectivity index (χ1v) is 13.4. The van der Waals surface area contributed by atoms with Crippen LogP contribution in [0, 0.1) is 6.92 Å². The number of hydrogen-bond donors (Lipinski definition) is 1. The maximum absolute atomic E-state index is 13.4. The molecule has 0 unspecified atom stereocenters. The Kier molecular flexibility index (Phi) is 6.67. The van der Waals surface area contributed by atoms with Crippen molar-refractivity contribution in [2.45, 2.75) is 25.4 Å². The minimum atomic E-state index is -0.468. The Morgan fingerprint density at radius 1 is 0.868 bits per heavy atom. The van der Waals surface area contributed by atoms with E-state index in [9.17, 15) is 4.79 Å². The number of amides is 1. The van der Waals surface area contributed by atoms with E-state index in [-0.39, 0.29) is 5.91 Å².